The molecule has 63 valence electrons. The third kappa shape index (κ3) is 4.76. The highest BCUT2D eigenvalue weighted by molar-refractivity contribution is 5.11. The average Bonchev–Trinajstić information content (AvgIpc) is 2.05. The van der Waals surface area contributed by atoms with E-state index >= 15 is 0 Å². The molecule has 0 nitrogen and oxygen atoms in total. The molecule has 0 saturated heterocycles. The number of rotatable bonds is 0. The summed E-state index contributed by atoms with van der Waals surface area (Å²) in [7, 11) is 0. The van der Waals surface area contributed by atoms with E-state index in [-0.39, 0.29) is 0 Å². The molecule has 0 unspecified atom stereocenters. The summed E-state index contributed by atoms with van der Waals surface area (Å²) in [6.45, 7) is 0. The molecule has 0 fully saturated rings. The van der Waals surface area contributed by atoms with Crippen molar-refractivity contribution in [2.24, 2.45) is 0 Å². The van der Waals surface area contributed by atoms with E-state index in [0.29, 0.717) is 0 Å². The SMILES string of the molecule is C1=C[CH]/C=C\CCCC/C=C\C=1. The highest BCUT2D eigenvalue weighted by atomic mass is 13.9. The van der Waals surface area contributed by atoms with Gasteiger partial charge in [-0.2, -0.15) is 0 Å². The van der Waals surface area contributed by atoms with Crippen molar-refractivity contribution in [3.05, 3.63) is 48.6 Å². The summed E-state index contributed by atoms with van der Waals surface area (Å²) >= 11 is 0. The van der Waals surface area contributed by atoms with Crippen LogP contribution in [0.2, 0.25) is 0 Å². The first kappa shape index (κ1) is 9.09. The standard InChI is InChI=1S/C12H15/c1-2-4-6-8-10-12-11-9-7-5-3-1/h1-4,8,10,12H,5,7,9,11H2/b3-1-,12-10-. The van der Waals surface area contributed by atoms with Gasteiger partial charge in [-0.15, -0.1) is 5.73 Å². The summed E-state index contributed by atoms with van der Waals surface area (Å²) in [5.74, 6) is 0. The van der Waals surface area contributed by atoms with Crippen LogP contribution in [0.15, 0.2) is 42.2 Å². The van der Waals surface area contributed by atoms with E-state index in [1.807, 2.05) is 18.6 Å². The quantitative estimate of drug-likeness (QED) is 0.474. The van der Waals surface area contributed by atoms with E-state index in [0.717, 1.165) is 0 Å². The topological polar surface area (TPSA) is 0 Å². The maximum atomic E-state index is 3.06. The lowest BCUT2D eigenvalue weighted by atomic mass is 10.1. The van der Waals surface area contributed by atoms with Gasteiger partial charge in [0.1, 0.15) is 0 Å². The zero-order valence-corrected chi connectivity index (χ0v) is 7.37. The highest BCUT2D eigenvalue weighted by Crippen LogP contribution is 2.02. The lowest BCUT2D eigenvalue weighted by Crippen LogP contribution is -1.72. The first-order chi connectivity index (χ1) is 6.00. The van der Waals surface area contributed by atoms with Crippen molar-refractivity contribution in [1.29, 1.82) is 0 Å². The summed E-state index contributed by atoms with van der Waals surface area (Å²) in [6.07, 6.45) is 19.4. The summed E-state index contributed by atoms with van der Waals surface area (Å²) in [6, 6.07) is 0. The van der Waals surface area contributed by atoms with Crippen LogP contribution in [0, 0.1) is 6.42 Å². The number of hydrogen-bond acceptors (Lipinski definition) is 0. The molecule has 0 saturated carbocycles. The largest absolute Gasteiger partial charge is 0.125 e. The minimum atomic E-state index is 1.19. The van der Waals surface area contributed by atoms with Crippen LogP contribution in [0.5, 0.6) is 0 Å². The second-order valence-electron chi connectivity index (χ2n) is 2.83. The van der Waals surface area contributed by atoms with Crippen LogP contribution < -0.4 is 0 Å². The minimum absolute atomic E-state index is 1.19. The Kier molecular flexibility index (Phi) is 5.07. The van der Waals surface area contributed by atoms with Crippen LogP contribution in [-0.4, -0.2) is 0 Å². The molecule has 0 heterocycles. The molecule has 0 aromatic carbocycles. The molecule has 0 atom stereocenters. The van der Waals surface area contributed by atoms with Crippen molar-refractivity contribution in [2.75, 3.05) is 0 Å². The fourth-order valence-electron chi connectivity index (χ4n) is 1.09. The molecule has 0 bridgehead atoms. The molecular formula is C12H15. The Balaban J connectivity index is 2.44. The van der Waals surface area contributed by atoms with Gasteiger partial charge in [-0.05, 0) is 37.8 Å². The van der Waals surface area contributed by atoms with Crippen LogP contribution in [0.3, 0.4) is 0 Å². The second-order valence-corrected chi connectivity index (χ2v) is 2.83. The van der Waals surface area contributed by atoms with Crippen LogP contribution in [0.1, 0.15) is 25.7 Å². The fourth-order valence-corrected chi connectivity index (χ4v) is 1.09. The molecule has 0 aromatic heterocycles. The average molecular weight is 159 g/mol. The van der Waals surface area contributed by atoms with Gasteiger partial charge in [0.05, 0.1) is 0 Å². The summed E-state index contributed by atoms with van der Waals surface area (Å²) in [5, 5.41) is 0. The number of hydrogen-bond donors (Lipinski definition) is 0. The predicted molar refractivity (Wildman–Crippen MR) is 53.7 cm³/mol. The smallest absolute Gasteiger partial charge is 0.0126 e. The van der Waals surface area contributed by atoms with Crippen LogP contribution in [0.4, 0.5) is 0 Å². The highest BCUT2D eigenvalue weighted by Gasteiger charge is 1.83. The monoisotopic (exact) mass is 159 g/mol. The lowest BCUT2D eigenvalue weighted by molar-refractivity contribution is 0.762. The molecule has 12 heavy (non-hydrogen) atoms. The Bertz CT molecular complexity index is 212. The van der Waals surface area contributed by atoms with Crippen LogP contribution >= 0.6 is 0 Å². The first-order valence-corrected chi connectivity index (χ1v) is 4.56. The fraction of sp³-hybridized carbons (Fsp3) is 0.333. The van der Waals surface area contributed by atoms with Crippen LogP contribution in [-0.2, 0) is 0 Å². The zero-order valence-electron chi connectivity index (χ0n) is 7.37. The van der Waals surface area contributed by atoms with Crippen molar-refractivity contribution >= 4 is 0 Å². The third-order valence-electron chi connectivity index (χ3n) is 1.76. The Morgan fingerprint density at radius 2 is 1.58 bits per heavy atom. The predicted octanol–water partition coefficient (Wildman–Crippen LogP) is 3.59. The van der Waals surface area contributed by atoms with E-state index in [1.165, 1.54) is 25.7 Å². The van der Waals surface area contributed by atoms with Gasteiger partial charge < -0.3 is 0 Å². The molecule has 0 aromatic rings. The van der Waals surface area contributed by atoms with Gasteiger partial charge in [0, 0.05) is 6.42 Å². The second kappa shape index (κ2) is 6.69. The molecule has 0 N–H and O–H groups in total. The molecule has 1 rings (SSSR count). The molecule has 0 heteroatoms. The van der Waals surface area contributed by atoms with Crippen molar-refractivity contribution in [3.8, 4) is 0 Å². The molecule has 0 spiro atoms. The molecule has 1 aliphatic rings. The van der Waals surface area contributed by atoms with Crippen molar-refractivity contribution in [1.82, 2.24) is 0 Å². The van der Waals surface area contributed by atoms with E-state index in [4.69, 9.17) is 0 Å². The molecule has 1 aliphatic carbocycles. The lowest BCUT2D eigenvalue weighted by Gasteiger charge is -1.92. The Morgan fingerprint density at radius 1 is 0.833 bits per heavy atom. The summed E-state index contributed by atoms with van der Waals surface area (Å²) in [5.41, 5.74) is 3.06. The van der Waals surface area contributed by atoms with E-state index < -0.39 is 0 Å². The normalized spacial score (nSPS) is 24.0. The molecule has 0 aliphatic heterocycles. The van der Waals surface area contributed by atoms with Gasteiger partial charge in [0.2, 0.25) is 0 Å². The Labute approximate surface area is 75.0 Å². The first-order valence-electron chi connectivity index (χ1n) is 4.56. The van der Waals surface area contributed by atoms with E-state index in [2.05, 4.69) is 30.0 Å². The Morgan fingerprint density at radius 3 is 2.42 bits per heavy atom. The third-order valence-corrected chi connectivity index (χ3v) is 1.76. The molecule has 1 radical (unpaired) electrons. The van der Waals surface area contributed by atoms with Crippen molar-refractivity contribution in [3.63, 3.8) is 0 Å². The van der Waals surface area contributed by atoms with Crippen molar-refractivity contribution < 1.29 is 0 Å². The van der Waals surface area contributed by atoms with Gasteiger partial charge >= 0.3 is 0 Å². The maximum Gasteiger partial charge on any atom is 0.0126 e. The van der Waals surface area contributed by atoms with Gasteiger partial charge in [-0.25, -0.2) is 0 Å². The van der Waals surface area contributed by atoms with Gasteiger partial charge in [0.25, 0.3) is 0 Å². The van der Waals surface area contributed by atoms with Gasteiger partial charge in [-0.1, -0.05) is 24.3 Å². The summed E-state index contributed by atoms with van der Waals surface area (Å²) < 4.78 is 0. The van der Waals surface area contributed by atoms with Gasteiger partial charge in [0.15, 0.2) is 0 Å². The molecule has 0 amide bonds. The molecular weight excluding hydrogens is 144 g/mol. The van der Waals surface area contributed by atoms with Gasteiger partial charge in [-0.3, -0.25) is 0 Å². The van der Waals surface area contributed by atoms with Crippen molar-refractivity contribution in [2.45, 2.75) is 25.7 Å². The van der Waals surface area contributed by atoms with Crippen LogP contribution in [0.25, 0.3) is 0 Å². The zero-order chi connectivity index (χ0) is 8.49. The maximum absolute atomic E-state index is 3.06. The van der Waals surface area contributed by atoms with E-state index in [1.54, 1.807) is 0 Å². The number of allylic oxidation sites excluding steroid dienone is 5. The summed E-state index contributed by atoms with van der Waals surface area (Å²) in [4.78, 5) is 0. The minimum Gasteiger partial charge on any atom is -0.125 e. The Hall–Kier alpha value is -1.00. The van der Waals surface area contributed by atoms with E-state index in [9.17, 15) is 0 Å².